The minimum Gasteiger partial charge on any atom is -0.495 e. The molecule has 1 unspecified atom stereocenters. The second kappa shape index (κ2) is 6.18. The Morgan fingerprint density at radius 3 is 2.81 bits per heavy atom. The molecule has 1 saturated heterocycles. The molecule has 110 valence electrons. The van der Waals surface area contributed by atoms with Gasteiger partial charge in [-0.3, -0.25) is 0 Å². The zero-order valence-corrected chi connectivity index (χ0v) is 12.5. The Kier molecular flexibility index (Phi) is 4.10. The van der Waals surface area contributed by atoms with Gasteiger partial charge in [-0.1, -0.05) is 23.7 Å². The first-order chi connectivity index (χ1) is 10.3. The van der Waals surface area contributed by atoms with Crippen LogP contribution in [0.15, 0.2) is 36.7 Å². The second-order valence-corrected chi connectivity index (χ2v) is 5.41. The van der Waals surface area contributed by atoms with E-state index in [1.54, 1.807) is 19.5 Å². The lowest BCUT2D eigenvalue weighted by Gasteiger charge is -2.21. The van der Waals surface area contributed by atoms with Gasteiger partial charge in [0.1, 0.15) is 5.75 Å². The monoisotopic (exact) mass is 304 g/mol. The molecule has 1 aliphatic rings. The highest BCUT2D eigenvalue weighted by Gasteiger charge is 2.24. The Morgan fingerprint density at radius 1 is 1.29 bits per heavy atom. The predicted molar refractivity (Wildman–Crippen MR) is 84.3 cm³/mol. The Labute approximate surface area is 128 Å². The first-order valence-electron chi connectivity index (χ1n) is 6.88. The van der Waals surface area contributed by atoms with E-state index in [0.717, 1.165) is 30.9 Å². The zero-order valence-electron chi connectivity index (χ0n) is 11.8. The zero-order chi connectivity index (χ0) is 14.7. The van der Waals surface area contributed by atoms with Gasteiger partial charge in [-0.15, -0.1) is 0 Å². The number of halogens is 1. The van der Waals surface area contributed by atoms with Crippen molar-refractivity contribution in [1.29, 1.82) is 0 Å². The van der Waals surface area contributed by atoms with Crippen LogP contribution in [0.5, 0.6) is 5.75 Å². The van der Waals surface area contributed by atoms with Crippen molar-refractivity contribution in [2.45, 2.75) is 12.5 Å². The number of methoxy groups -OCH3 is 1. The molecule has 0 aliphatic carbocycles. The van der Waals surface area contributed by atoms with Gasteiger partial charge < -0.3 is 15.0 Å². The molecular weight excluding hydrogens is 288 g/mol. The van der Waals surface area contributed by atoms with Crippen LogP contribution in [0.2, 0.25) is 5.02 Å². The van der Waals surface area contributed by atoms with Crippen molar-refractivity contribution in [2.24, 2.45) is 0 Å². The van der Waals surface area contributed by atoms with E-state index in [1.165, 1.54) is 0 Å². The average Bonchev–Trinajstić information content (AvgIpc) is 2.98. The van der Waals surface area contributed by atoms with Crippen molar-refractivity contribution < 1.29 is 4.74 Å². The Balaban J connectivity index is 1.66. The minimum atomic E-state index is 0.316. The fourth-order valence-corrected chi connectivity index (χ4v) is 2.65. The van der Waals surface area contributed by atoms with E-state index in [2.05, 4.69) is 26.3 Å². The average molecular weight is 305 g/mol. The number of aromatic nitrogens is 2. The van der Waals surface area contributed by atoms with Crippen LogP contribution in [0.25, 0.3) is 0 Å². The van der Waals surface area contributed by atoms with E-state index in [4.69, 9.17) is 16.3 Å². The van der Waals surface area contributed by atoms with Crippen LogP contribution in [0, 0.1) is 0 Å². The van der Waals surface area contributed by atoms with Crippen molar-refractivity contribution in [3.63, 3.8) is 0 Å². The highest BCUT2D eigenvalue weighted by molar-refractivity contribution is 6.30. The summed E-state index contributed by atoms with van der Waals surface area (Å²) >= 11 is 5.79. The molecule has 1 N–H and O–H groups in total. The van der Waals surface area contributed by atoms with Gasteiger partial charge in [-0.2, -0.15) is 0 Å². The first-order valence-corrected chi connectivity index (χ1v) is 7.26. The molecule has 0 radical (unpaired) electrons. The summed E-state index contributed by atoms with van der Waals surface area (Å²) in [5.74, 6) is 1.52. The van der Waals surface area contributed by atoms with E-state index < -0.39 is 0 Å². The highest BCUT2D eigenvalue weighted by Crippen LogP contribution is 2.30. The van der Waals surface area contributed by atoms with Crippen LogP contribution < -0.4 is 15.0 Å². The van der Waals surface area contributed by atoms with Gasteiger partial charge in [0.2, 0.25) is 5.95 Å². The third kappa shape index (κ3) is 3.19. The van der Waals surface area contributed by atoms with Gasteiger partial charge in [0.25, 0.3) is 0 Å². The number of rotatable bonds is 4. The molecule has 3 rings (SSSR count). The van der Waals surface area contributed by atoms with Crippen molar-refractivity contribution in [3.05, 3.63) is 41.7 Å². The molecule has 21 heavy (non-hydrogen) atoms. The fraction of sp³-hybridized carbons (Fsp3) is 0.333. The molecular formula is C15H17ClN4O. The summed E-state index contributed by atoms with van der Waals surface area (Å²) in [5.41, 5.74) is 1.13. The third-order valence-corrected chi connectivity index (χ3v) is 3.76. The molecule has 1 aromatic carbocycles. The maximum absolute atomic E-state index is 5.79. The largest absolute Gasteiger partial charge is 0.495 e. The summed E-state index contributed by atoms with van der Waals surface area (Å²) in [6, 6.07) is 8.39. The highest BCUT2D eigenvalue weighted by atomic mass is 35.5. The second-order valence-electron chi connectivity index (χ2n) is 4.97. The molecule has 0 amide bonds. The van der Waals surface area contributed by atoms with E-state index in [0.29, 0.717) is 17.0 Å². The smallest absolute Gasteiger partial charge is 0.222 e. The Hall–Kier alpha value is -2.01. The Bertz CT molecular complexity index is 605. The molecule has 0 bridgehead atoms. The standard InChI is InChI=1S/C15H17ClN4O/c1-21-14-5-3-2-4-13(14)20-7-6-12(10-20)19-15-17-8-11(16)9-18-15/h2-5,8-9,12H,6-7,10H2,1H3,(H,17,18,19). The maximum atomic E-state index is 5.79. The van der Waals surface area contributed by atoms with Gasteiger partial charge in [0.05, 0.1) is 30.2 Å². The quantitative estimate of drug-likeness (QED) is 0.941. The number of nitrogens with zero attached hydrogens (tertiary/aromatic N) is 3. The summed E-state index contributed by atoms with van der Waals surface area (Å²) in [6.45, 7) is 1.87. The van der Waals surface area contributed by atoms with E-state index in [-0.39, 0.29) is 0 Å². The van der Waals surface area contributed by atoms with Gasteiger partial charge in [-0.25, -0.2) is 9.97 Å². The molecule has 6 heteroatoms. The maximum Gasteiger partial charge on any atom is 0.222 e. The summed E-state index contributed by atoms with van der Waals surface area (Å²) in [4.78, 5) is 10.7. The van der Waals surface area contributed by atoms with E-state index >= 15 is 0 Å². The van der Waals surface area contributed by atoms with Gasteiger partial charge >= 0.3 is 0 Å². The van der Waals surface area contributed by atoms with Gasteiger partial charge in [0.15, 0.2) is 0 Å². The molecule has 0 saturated carbocycles. The minimum absolute atomic E-state index is 0.316. The summed E-state index contributed by atoms with van der Waals surface area (Å²) < 4.78 is 5.42. The topological polar surface area (TPSA) is 50.3 Å². The van der Waals surface area contributed by atoms with E-state index in [1.807, 2.05) is 18.2 Å². The number of hydrogen-bond acceptors (Lipinski definition) is 5. The summed E-state index contributed by atoms with van der Waals surface area (Å²) in [5, 5.41) is 3.89. The number of benzene rings is 1. The van der Waals surface area contributed by atoms with Gasteiger partial charge in [0, 0.05) is 19.1 Å². The van der Waals surface area contributed by atoms with Crippen LogP contribution in [-0.4, -0.2) is 36.2 Å². The lowest BCUT2D eigenvalue weighted by molar-refractivity contribution is 0.415. The summed E-state index contributed by atoms with van der Waals surface area (Å²) in [6.07, 6.45) is 4.23. The van der Waals surface area contributed by atoms with Gasteiger partial charge in [-0.05, 0) is 18.6 Å². The van der Waals surface area contributed by atoms with Crippen LogP contribution >= 0.6 is 11.6 Å². The predicted octanol–water partition coefficient (Wildman–Crippen LogP) is 2.83. The molecule has 1 atom stereocenters. The molecule has 5 nitrogen and oxygen atoms in total. The fourth-order valence-electron chi connectivity index (χ4n) is 2.56. The van der Waals surface area contributed by atoms with E-state index in [9.17, 15) is 0 Å². The SMILES string of the molecule is COc1ccccc1N1CCC(Nc2ncc(Cl)cn2)C1. The van der Waals surface area contributed by atoms with Crippen molar-refractivity contribution in [2.75, 3.05) is 30.4 Å². The molecule has 1 aromatic heterocycles. The normalized spacial score (nSPS) is 17.8. The number of para-hydroxylation sites is 2. The van der Waals surface area contributed by atoms with Crippen LogP contribution in [0.3, 0.4) is 0 Å². The van der Waals surface area contributed by atoms with Crippen LogP contribution in [0.4, 0.5) is 11.6 Å². The lowest BCUT2D eigenvalue weighted by Crippen LogP contribution is -2.26. The Morgan fingerprint density at radius 2 is 2.05 bits per heavy atom. The molecule has 2 aromatic rings. The number of ether oxygens (including phenoxy) is 1. The molecule has 2 heterocycles. The number of nitrogens with one attached hydrogen (secondary N) is 1. The third-order valence-electron chi connectivity index (χ3n) is 3.57. The molecule has 0 spiro atoms. The van der Waals surface area contributed by atoms with Crippen LogP contribution in [-0.2, 0) is 0 Å². The van der Waals surface area contributed by atoms with Crippen molar-refractivity contribution in [3.8, 4) is 5.75 Å². The van der Waals surface area contributed by atoms with Crippen molar-refractivity contribution >= 4 is 23.2 Å². The number of anilines is 2. The van der Waals surface area contributed by atoms with Crippen LogP contribution in [0.1, 0.15) is 6.42 Å². The summed E-state index contributed by atoms with van der Waals surface area (Å²) in [7, 11) is 1.70. The number of hydrogen-bond donors (Lipinski definition) is 1. The van der Waals surface area contributed by atoms with Crippen molar-refractivity contribution in [1.82, 2.24) is 9.97 Å². The first kappa shape index (κ1) is 13.9. The molecule has 1 fully saturated rings. The lowest BCUT2D eigenvalue weighted by atomic mass is 10.2. The molecule has 1 aliphatic heterocycles.